The highest BCUT2D eigenvalue weighted by molar-refractivity contribution is 7.11. The van der Waals surface area contributed by atoms with Crippen LogP contribution < -0.4 is 5.32 Å². The zero-order valence-corrected chi connectivity index (χ0v) is 10.9. The molecule has 100 valence electrons. The Bertz CT molecular complexity index is 564. The molecule has 0 fully saturated rings. The number of aromatic nitrogens is 2. The summed E-state index contributed by atoms with van der Waals surface area (Å²) in [5, 5.41) is 7.79. The molecule has 0 saturated carbocycles. The molecule has 2 rings (SSSR count). The first-order valence-electron chi connectivity index (χ1n) is 5.51. The molecule has 0 atom stereocenters. The number of hydrogen-bond acceptors (Lipinski definition) is 7. The van der Waals surface area contributed by atoms with Crippen molar-refractivity contribution >= 4 is 23.2 Å². The van der Waals surface area contributed by atoms with Gasteiger partial charge >= 0.3 is 5.97 Å². The highest BCUT2D eigenvalue weighted by Crippen LogP contribution is 2.11. The molecule has 0 saturated heterocycles. The molecule has 0 radical (unpaired) electrons. The molecule has 1 N–H and O–H groups in total. The predicted octanol–water partition coefficient (Wildman–Crippen LogP) is 1.24. The first kappa shape index (κ1) is 13.2. The van der Waals surface area contributed by atoms with Gasteiger partial charge in [-0.15, -0.1) is 11.3 Å². The van der Waals surface area contributed by atoms with Crippen molar-refractivity contribution in [3.05, 3.63) is 34.1 Å². The van der Waals surface area contributed by atoms with Gasteiger partial charge in [0, 0.05) is 11.4 Å². The molecule has 2 aromatic heterocycles. The molecule has 7 nitrogen and oxygen atoms in total. The van der Waals surface area contributed by atoms with Crippen molar-refractivity contribution in [1.82, 2.24) is 15.5 Å². The van der Waals surface area contributed by atoms with Gasteiger partial charge in [-0.1, -0.05) is 5.16 Å². The monoisotopic (exact) mass is 281 g/mol. The van der Waals surface area contributed by atoms with E-state index >= 15 is 0 Å². The van der Waals surface area contributed by atoms with Crippen molar-refractivity contribution in [1.29, 1.82) is 0 Å². The third-order valence-electron chi connectivity index (χ3n) is 2.10. The van der Waals surface area contributed by atoms with E-state index in [4.69, 9.17) is 9.26 Å². The van der Waals surface area contributed by atoms with E-state index in [0.29, 0.717) is 5.76 Å². The minimum Gasteiger partial charge on any atom is -0.461 e. The van der Waals surface area contributed by atoms with E-state index in [-0.39, 0.29) is 29.8 Å². The molecule has 0 unspecified atom stereocenters. The molecule has 0 aliphatic rings. The minimum absolute atomic E-state index is 0.159. The standard InChI is InChI=1S/C11H11N3O4S/c1-2-17-11(16)10-14-8(6-19-10)9(15)12-5-7-3-4-13-18-7/h3-4,6H,2,5H2,1H3,(H,12,15). The van der Waals surface area contributed by atoms with Crippen molar-refractivity contribution in [3.63, 3.8) is 0 Å². The zero-order valence-electron chi connectivity index (χ0n) is 10.1. The number of ether oxygens (including phenoxy) is 1. The maximum Gasteiger partial charge on any atom is 0.367 e. The Morgan fingerprint density at radius 2 is 2.37 bits per heavy atom. The molecule has 0 bridgehead atoms. The number of hydrogen-bond donors (Lipinski definition) is 1. The number of carbonyl (C=O) groups excluding carboxylic acids is 2. The zero-order chi connectivity index (χ0) is 13.7. The summed E-state index contributed by atoms with van der Waals surface area (Å²) in [6.45, 7) is 2.19. The number of esters is 1. The van der Waals surface area contributed by atoms with Crippen molar-refractivity contribution in [2.75, 3.05) is 6.61 Å². The summed E-state index contributed by atoms with van der Waals surface area (Å²) in [6, 6.07) is 1.64. The third kappa shape index (κ3) is 3.38. The summed E-state index contributed by atoms with van der Waals surface area (Å²) < 4.78 is 9.63. The van der Waals surface area contributed by atoms with Crippen LogP contribution in [0, 0.1) is 0 Å². The molecule has 2 aromatic rings. The molecule has 2 heterocycles. The lowest BCUT2D eigenvalue weighted by Crippen LogP contribution is -2.23. The fourth-order valence-corrected chi connectivity index (χ4v) is 1.95. The highest BCUT2D eigenvalue weighted by atomic mass is 32.1. The van der Waals surface area contributed by atoms with Crippen molar-refractivity contribution in [2.24, 2.45) is 0 Å². The van der Waals surface area contributed by atoms with Crippen LogP contribution in [0.5, 0.6) is 0 Å². The number of amides is 1. The van der Waals surface area contributed by atoms with Crippen LogP contribution in [0.3, 0.4) is 0 Å². The van der Waals surface area contributed by atoms with Gasteiger partial charge in [0.15, 0.2) is 5.76 Å². The average molecular weight is 281 g/mol. The Morgan fingerprint density at radius 1 is 1.53 bits per heavy atom. The topological polar surface area (TPSA) is 94.3 Å². The molecule has 0 aliphatic carbocycles. The van der Waals surface area contributed by atoms with E-state index in [1.165, 1.54) is 11.6 Å². The second kappa shape index (κ2) is 6.10. The summed E-state index contributed by atoms with van der Waals surface area (Å²) in [4.78, 5) is 27.1. The normalized spacial score (nSPS) is 10.2. The summed E-state index contributed by atoms with van der Waals surface area (Å²) in [6.07, 6.45) is 1.49. The molecule has 8 heteroatoms. The quantitative estimate of drug-likeness (QED) is 0.828. The Morgan fingerprint density at radius 3 is 3.05 bits per heavy atom. The molecular formula is C11H11N3O4S. The molecule has 0 spiro atoms. The van der Waals surface area contributed by atoms with Crippen LogP contribution in [0.2, 0.25) is 0 Å². The summed E-state index contributed by atoms with van der Waals surface area (Å²) in [7, 11) is 0. The largest absolute Gasteiger partial charge is 0.461 e. The van der Waals surface area contributed by atoms with E-state index in [0.717, 1.165) is 11.3 Å². The van der Waals surface area contributed by atoms with Crippen LogP contribution in [0.1, 0.15) is 33.0 Å². The lowest BCUT2D eigenvalue weighted by atomic mass is 10.4. The number of nitrogens with one attached hydrogen (secondary N) is 1. The Labute approximate surface area is 112 Å². The van der Waals surface area contributed by atoms with Gasteiger partial charge in [-0.3, -0.25) is 4.79 Å². The molecule has 1 amide bonds. The van der Waals surface area contributed by atoms with Gasteiger partial charge in [-0.05, 0) is 6.92 Å². The second-order valence-corrected chi connectivity index (χ2v) is 4.28. The van der Waals surface area contributed by atoms with E-state index in [2.05, 4.69) is 15.5 Å². The third-order valence-corrected chi connectivity index (χ3v) is 2.92. The summed E-state index contributed by atoms with van der Waals surface area (Å²) >= 11 is 1.07. The van der Waals surface area contributed by atoms with Crippen molar-refractivity contribution in [3.8, 4) is 0 Å². The molecule has 0 aromatic carbocycles. The summed E-state index contributed by atoms with van der Waals surface area (Å²) in [5.41, 5.74) is 0.174. The van der Waals surface area contributed by atoms with Gasteiger partial charge < -0.3 is 14.6 Å². The lowest BCUT2D eigenvalue weighted by molar-refractivity contribution is 0.0526. The number of rotatable bonds is 5. The first-order valence-corrected chi connectivity index (χ1v) is 6.39. The van der Waals surface area contributed by atoms with Gasteiger partial charge in [0.05, 0.1) is 19.3 Å². The predicted molar refractivity (Wildman–Crippen MR) is 65.7 cm³/mol. The van der Waals surface area contributed by atoms with Crippen LogP contribution >= 0.6 is 11.3 Å². The van der Waals surface area contributed by atoms with E-state index < -0.39 is 5.97 Å². The van der Waals surface area contributed by atoms with Gasteiger partial charge in [-0.25, -0.2) is 9.78 Å². The van der Waals surface area contributed by atoms with Crippen LogP contribution in [0.25, 0.3) is 0 Å². The van der Waals surface area contributed by atoms with E-state index in [1.54, 1.807) is 13.0 Å². The smallest absolute Gasteiger partial charge is 0.367 e. The Hall–Kier alpha value is -2.22. The summed E-state index contributed by atoms with van der Waals surface area (Å²) in [5.74, 6) is -0.376. The highest BCUT2D eigenvalue weighted by Gasteiger charge is 2.16. The molecule has 0 aliphatic heterocycles. The van der Waals surface area contributed by atoms with Crippen LogP contribution in [-0.4, -0.2) is 28.6 Å². The maximum absolute atomic E-state index is 11.8. The Kier molecular flexibility index (Phi) is 4.24. The molecular weight excluding hydrogens is 270 g/mol. The first-order chi connectivity index (χ1) is 9.20. The number of thiazole rings is 1. The van der Waals surface area contributed by atoms with Gasteiger partial charge in [0.2, 0.25) is 5.01 Å². The van der Waals surface area contributed by atoms with Crippen LogP contribution in [-0.2, 0) is 11.3 Å². The second-order valence-electron chi connectivity index (χ2n) is 3.42. The fourth-order valence-electron chi connectivity index (χ4n) is 1.26. The lowest BCUT2D eigenvalue weighted by Gasteiger charge is -1.99. The van der Waals surface area contributed by atoms with Crippen LogP contribution in [0.4, 0.5) is 0 Å². The van der Waals surface area contributed by atoms with Crippen molar-refractivity contribution < 1.29 is 18.8 Å². The SMILES string of the molecule is CCOC(=O)c1nc(C(=O)NCc2ccno2)cs1. The van der Waals surface area contributed by atoms with Gasteiger partial charge in [0.1, 0.15) is 5.69 Å². The minimum atomic E-state index is -0.526. The van der Waals surface area contributed by atoms with E-state index in [1.807, 2.05) is 0 Å². The maximum atomic E-state index is 11.8. The number of nitrogens with zero attached hydrogens (tertiary/aromatic N) is 2. The van der Waals surface area contributed by atoms with Gasteiger partial charge in [0.25, 0.3) is 5.91 Å². The molecule has 19 heavy (non-hydrogen) atoms. The van der Waals surface area contributed by atoms with Crippen LogP contribution in [0.15, 0.2) is 22.2 Å². The van der Waals surface area contributed by atoms with Crippen molar-refractivity contribution in [2.45, 2.75) is 13.5 Å². The van der Waals surface area contributed by atoms with E-state index in [9.17, 15) is 9.59 Å². The number of carbonyl (C=O) groups is 2. The van der Waals surface area contributed by atoms with Gasteiger partial charge in [-0.2, -0.15) is 0 Å². The Balaban J connectivity index is 1.94. The fraction of sp³-hybridized carbons (Fsp3) is 0.273. The average Bonchev–Trinajstić information content (AvgIpc) is 3.07.